The average Bonchev–Trinajstić information content (AvgIpc) is 3.21. The van der Waals surface area contributed by atoms with E-state index >= 15 is 0 Å². The van der Waals surface area contributed by atoms with Crippen molar-refractivity contribution in [2.24, 2.45) is 5.92 Å². The van der Waals surface area contributed by atoms with Crippen molar-refractivity contribution in [2.45, 2.75) is 44.7 Å². The number of aromatic nitrogens is 2. The summed E-state index contributed by atoms with van der Waals surface area (Å²) < 4.78 is 38.0. The van der Waals surface area contributed by atoms with Gasteiger partial charge in [-0.2, -0.15) is 13.2 Å². The van der Waals surface area contributed by atoms with Gasteiger partial charge >= 0.3 is 6.18 Å². The van der Waals surface area contributed by atoms with Gasteiger partial charge in [-0.1, -0.05) is 0 Å². The first-order valence-electron chi connectivity index (χ1n) is 7.11. The Morgan fingerprint density at radius 1 is 1.10 bits per heavy atom. The summed E-state index contributed by atoms with van der Waals surface area (Å²) in [5.74, 6) is 0.948. The molecule has 0 aromatic carbocycles. The van der Waals surface area contributed by atoms with Gasteiger partial charge < -0.3 is 4.90 Å². The number of nitrogens with zero attached hydrogens (tertiary/aromatic N) is 3. The molecule has 2 aliphatic rings. The first-order valence-corrected chi connectivity index (χ1v) is 7.11. The third-order valence-electron chi connectivity index (χ3n) is 4.08. The van der Waals surface area contributed by atoms with Gasteiger partial charge in [0.15, 0.2) is 0 Å². The van der Waals surface area contributed by atoms with Gasteiger partial charge in [0.2, 0.25) is 0 Å². The third kappa shape index (κ3) is 2.88. The molecule has 0 spiro atoms. The summed E-state index contributed by atoms with van der Waals surface area (Å²) >= 11 is 0. The monoisotopic (exact) mass is 285 g/mol. The molecular weight excluding hydrogens is 267 g/mol. The minimum atomic E-state index is -4.06. The summed E-state index contributed by atoms with van der Waals surface area (Å²) in [6, 6.07) is 1.87. The van der Waals surface area contributed by atoms with E-state index in [0.717, 1.165) is 30.2 Å². The van der Waals surface area contributed by atoms with Crippen molar-refractivity contribution < 1.29 is 13.2 Å². The third-order valence-corrected chi connectivity index (χ3v) is 4.08. The molecule has 3 rings (SSSR count). The van der Waals surface area contributed by atoms with E-state index in [-0.39, 0.29) is 12.8 Å². The molecule has 3 nitrogen and oxygen atoms in total. The van der Waals surface area contributed by atoms with Crippen molar-refractivity contribution in [3.63, 3.8) is 0 Å². The zero-order chi connectivity index (χ0) is 14.3. The molecule has 0 amide bonds. The fourth-order valence-corrected chi connectivity index (χ4v) is 2.70. The standard InChI is InChI=1S/C14H18F3N3/c1-9-8-12(19-13(18-9)10-2-3-10)20-6-4-11(5-7-20)14(15,16)17/h8,10-11H,2-7H2,1H3. The van der Waals surface area contributed by atoms with Gasteiger partial charge in [0.05, 0.1) is 5.92 Å². The maximum absolute atomic E-state index is 12.7. The van der Waals surface area contributed by atoms with Crippen LogP contribution in [0.3, 0.4) is 0 Å². The highest BCUT2D eigenvalue weighted by atomic mass is 19.4. The second-order valence-electron chi connectivity index (χ2n) is 5.80. The van der Waals surface area contributed by atoms with Crippen LogP contribution in [0.2, 0.25) is 0 Å². The van der Waals surface area contributed by atoms with Gasteiger partial charge in [-0.05, 0) is 32.6 Å². The van der Waals surface area contributed by atoms with E-state index < -0.39 is 12.1 Å². The number of hydrogen-bond acceptors (Lipinski definition) is 3. The van der Waals surface area contributed by atoms with Crippen LogP contribution in [0.5, 0.6) is 0 Å². The smallest absolute Gasteiger partial charge is 0.356 e. The minimum absolute atomic E-state index is 0.158. The average molecular weight is 285 g/mol. The molecule has 1 aliphatic heterocycles. The Morgan fingerprint density at radius 2 is 1.75 bits per heavy atom. The maximum Gasteiger partial charge on any atom is 0.391 e. The molecule has 0 unspecified atom stereocenters. The molecule has 0 N–H and O–H groups in total. The van der Waals surface area contributed by atoms with Crippen LogP contribution in [-0.4, -0.2) is 29.2 Å². The van der Waals surface area contributed by atoms with Crippen LogP contribution in [0.1, 0.15) is 43.1 Å². The summed E-state index contributed by atoms with van der Waals surface area (Å²) in [6.07, 6.45) is -1.50. The lowest BCUT2D eigenvalue weighted by Gasteiger charge is -2.33. The lowest BCUT2D eigenvalue weighted by atomic mass is 9.96. The molecule has 1 aliphatic carbocycles. The molecule has 20 heavy (non-hydrogen) atoms. The largest absolute Gasteiger partial charge is 0.391 e. The van der Waals surface area contributed by atoms with Crippen LogP contribution in [0.15, 0.2) is 6.07 Å². The van der Waals surface area contributed by atoms with Crippen LogP contribution in [-0.2, 0) is 0 Å². The van der Waals surface area contributed by atoms with Crippen LogP contribution in [0, 0.1) is 12.8 Å². The SMILES string of the molecule is Cc1cc(N2CCC(C(F)(F)F)CC2)nc(C2CC2)n1. The summed E-state index contributed by atoms with van der Waals surface area (Å²) in [7, 11) is 0. The van der Waals surface area contributed by atoms with Crippen molar-refractivity contribution in [1.82, 2.24) is 9.97 Å². The van der Waals surface area contributed by atoms with Crippen LogP contribution >= 0.6 is 0 Å². The fraction of sp³-hybridized carbons (Fsp3) is 0.714. The topological polar surface area (TPSA) is 29.0 Å². The highest BCUT2D eigenvalue weighted by molar-refractivity contribution is 5.41. The summed E-state index contributed by atoms with van der Waals surface area (Å²) in [4.78, 5) is 10.9. The van der Waals surface area contributed by atoms with Gasteiger partial charge in [-0.3, -0.25) is 0 Å². The van der Waals surface area contributed by atoms with E-state index in [1.54, 1.807) is 0 Å². The zero-order valence-electron chi connectivity index (χ0n) is 11.5. The van der Waals surface area contributed by atoms with Crippen LogP contribution < -0.4 is 4.90 Å². The molecule has 2 fully saturated rings. The van der Waals surface area contributed by atoms with Crippen LogP contribution in [0.25, 0.3) is 0 Å². The molecule has 0 bridgehead atoms. The maximum atomic E-state index is 12.7. The van der Waals surface area contributed by atoms with E-state index in [9.17, 15) is 13.2 Å². The van der Waals surface area contributed by atoms with Gasteiger partial charge in [-0.25, -0.2) is 9.97 Å². The van der Waals surface area contributed by atoms with E-state index in [0.29, 0.717) is 19.0 Å². The Morgan fingerprint density at radius 3 is 2.30 bits per heavy atom. The quantitative estimate of drug-likeness (QED) is 0.833. The molecule has 6 heteroatoms. The number of hydrogen-bond donors (Lipinski definition) is 0. The first-order chi connectivity index (χ1) is 9.43. The molecule has 1 saturated carbocycles. The molecule has 0 radical (unpaired) electrons. The van der Waals surface area contributed by atoms with Crippen LogP contribution in [0.4, 0.5) is 19.0 Å². The van der Waals surface area contributed by atoms with Gasteiger partial charge in [0.1, 0.15) is 11.6 Å². The lowest BCUT2D eigenvalue weighted by Crippen LogP contribution is -2.39. The predicted molar refractivity (Wildman–Crippen MR) is 69.7 cm³/mol. The normalized spacial score (nSPS) is 21.3. The Labute approximate surface area is 116 Å². The Kier molecular flexibility index (Phi) is 3.34. The number of alkyl halides is 3. The fourth-order valence-electron chi connectivity index (χ4n) is 2.70. The number of aryl methyl sites for hydroxylation is 1. The number of piperidine rings is 1. The second-order valence-corrected chi connectivity index (χ2v) is 5.80. The Balaban J connectivity index is 1.71. The molecule has 110 valence electrons. The van der Waals surface area contributed by atoms with Crippen molar-refractivity contribution in [2.75, 3.05) is 18.0 Å². The minimum Gasteiger partial charge on any atom is -0.356 e. The second kappa shape index (κ2) is 4.90. The molecule has 0 atom stereocenters. The highest BCUT2D eigenvalue weighted by Gasteiger charge is 2.41. The lowest BCUT2D eigenvalue weighted by molar-refractivity contribution is -0.179. The van der Waals surface area contributed by atoms with Crippen molar-refractivity contribution >= 4 is 5.82 Å². The van der Waals surface area contributed by atoms with Crippen molar-refractivity contribution in [3.05, 3.63) is 17.6 Å². The zero-order valence-corrected chi connectivity index (χ0v) is 11.5. The van der Waals surface area contributed by atoms with Gasteiger partial charge in [-0.15, -0.1) is 0 Å². The number of rotatable bonds is 2. The van der Waals surface area contributed by atoms with E-state index in [4.69, 9.17) is 0 Å². The highest BCUT2D eigenvalue weighted by Crippen LogP contribution is 2.39. The predicted octanol–water partition coefficient (Wildman–Crippen LogP) is 3.44. The molecule has 1 aromatic heterocycles. The Bertz CT molecular complexity index is 489. The molecule has 1 aromatic rings. The number of halogens is 3. The van der Waals surface area contributed by atoms with Crippen molar-refractivity contribution in [1.29, 1.82) is 0 Å². The number of anilines is 1. The van der Waals surface area contributed by atoms with Crippen molar-refractivity contribution in [3.8, 4) is 0 Å². The summed E-state index contributed by atoms with van der Waals surface area (Å²) in [6.45, 7) is 2.76. The van der Waals surface area contributed by atoms with E-state index in [1.807, 2.05) is 17.9 Å². The summed E-state index contributed by atoms with van der Waals surface area (Å²) in [5.41, 5.74) is 0.898. The van der Waals surface area contributed by atoms with E-state index in [2.05, 4.69) is 9.97 Å². The van der Waals surface area contributed by atoms with E-state index in [1.165, 1.54) is 0 Å². The molecular formula is C14H18F3N3. The van der Waals surface area contributed by atoms with Gasteiger partial charge in [0.25, 0.3) is 0 Å². The summed E-state index contributed by atoms with van der Waals surface area (Å²) in [5, 5.41) is 0. The molecule has 2 heterocycles. The molecule has 1 saturated heterocycles. The first kappa shape index (κ1) is 13.6. The van der Waals surface area contributed by atoms with Gasteiger partial charge in [0, 0.05) is 30.8 Å². The Hall–Kier alpha value is -1.33.